The summed E-state index contributed by atoms with van der Waals surface area (Å²) in [7, 11) is 0. The van der Waals surface area contributed by atoms with E-state index in [9.17, 15) is 4.79 Å². The number of carbonyl (C=O) groups excluding carboxylic acids is 1. The monoisotopic (exact) mass is 265 g/mol. The highest BCUT2D eigenvalue weighted by atomic mass is 35.5. The highest BCUT2D eigenvalue weighted by molar-refractivity contribution is 6.37. The van der Waals surface area contributed by atoms with E-state index in [1.807, 2.05) is 30.3 Å². The molecule has 0 bridgehead atoms. The lowest BCUT2D eigenvalue weighted by atomic mass is 10.1. The minimum atomic E-state index is -0.825. The Bertz CT molecular complexity index is 585. The second-order valence-corrected chi connectivity index (χ2v) is 4.21. The molecule has 2 aromatic carbocycles. The molecule has 94 valence electrons. The number of carbonyl (C=O) groups is 1. The van der Waals surface area contributed by atoms with Crippen LogP contribution in [0, 0.1) is 0 Å². The zero-order valence-electron chi connectivity index (χ0n) is 9.68. The summed E-state index contributed by atoms with van der Waals surface area (Å²) < 4.78 is 5.40. The molecule has 5 heteroatoms. The predicted molar refractivity (Wildman–Crippen MR) is 69.0 cm³/mol. The van der Waals surface area contributed by atoms with Gasteiger partial charge in [-0.15, -0.1) is 0 Å². The van der Waals surface area contributed by atoms with Gasteiger partial charge in [0.05, 0.1) is 5.02 Å². The summed E-state index contributed by atoms with van der Waals surface area (Å²) in [6, 6.07) is 11.2. The Balaban J connectivity index is 2.35. The Morgan fingerprint density at radius 3 is 2.78 bits per heavy atom. The van der Waals surface area contributed by atoms with Crippen molar-refractivity contribution in [3.05, 3.63) is 41.4 Å². The van der Waals surface area contributed by atoms with Gasteiger partial charge in [0.25, 0.3) is 5.91 Å². The van der Waals surface area contributed by atoms with E-state index in [1.165, 1.54) is 12.4 Å². The molecule has 0 radical (unpaired) electrons. The van der Waals surface area contributed by atoms with Gasteiger partial charge in [-0.3, -0.25) is 10.0 Å². The van der Waals surface area contributed by atoms with Crippen LogP contribution in [-0.2, 0) is 4.79 Å². The van der Waals surface area contributed by atoms with Gasteiger partial charge in [-0.05, 0) is 18.4 Å². The van der Waals surface area contributed by atoms with Crippen molar-refractivity contribution in [2.24, 2.45) is 0 Å². The summed E-state index contributed by atoms with van der Waals surface area (Å²) in [5.41, 5.74) is 1.53. The molecule has 1 amide bonds. The maximum atomic E-state index is 11.2. The van der Waals surface area contributed by atoms with Gasteiger partial charge in [-0.1, -0.05) is 41.9 Å². The smallest absolute Gasteiger partial charge is 0.284 e. The normalized spacial score (nSPS) is 12.2. The number of benzene rings is 2. The van der Waals surface area contributed by atoms with Crippen LogP contribution in [0.5, 0.6) is 5.75 Å². The van der Waals surface area contributed by atoms with Crippen molar-refractivity contribution in [3.8, 4) is 5.75 Å². The fourth-order valence-electron chi connectivity index (χ4n) is 1.64. The van der Waals surface area contributed by atoms with E-state index in [1.54, 1.807) is 6.07 Å². The molecule has 1 unspecified atom stereocenters. The average molecular weight is 266 g/mol. The topological polar surface area (TPSA) is 58.6 Å². The summed E-state index contributed by atoms with van der Waals surface area (Å²) >= 11 is 6.21. The van der Waals surface area contributed by atoms with Crippen molar-refractivity contribution < 1.29 is 14.7 Å². The Morgan fingerprint density at radius 2 is 2.06 bits per heavy atom. The van der Waals surface area contributed by atoms with Crippen LogP contribution >= 0.6 is 11.6 Å². The van der Waals surface area contributed by atoms with E-state index in [2.05, 4.69) is 0 Å². The first-order valence-electron chi connectivity index (χ1n) is 5.41. The van der Waals surface area contributed by atoms with E-state index in [0.29, 0.717) is 10.8 Å². The molecule has 0 aliphatic carbocycles. The van der Waals surface area contributed by atoms with Crippen LogP contribution in [0.3, 0.4) is 0 Å². The third-order valence-corrected chi connectivity index (χ3v) is 3.00. The Hall–Kier alpha value is -1.78. The van der Waals surface area contributed by atoms with E-state index >= 15 is 0 Å². The quantitative estimate of drug-likeness (QED) is 0.663. The number of hydrogen-bond acceptors (Lipinski definition) is 3. The van der Waals surface area contributed by atoms with E-state index in [0.717, 1.165) is 10.8 Å². The summed E-state index contributed by atoms with van der Waals surface area (Å²) in [4.78, 5) is 11.2. The summed E-state index contributed by atoms with van der Waals surface area (Å²) in [6.07, 6.45) is -0.825. The first-order chi connectivity index (χ1) is 8.63. The number of halogens is 1. The van der Waals surface area contributed by atoms with E-state index in [-0.39, 0.29) is 0 Å². The number of hydrogen-bond donors (Lipinski definition) is 2. The Kier molecular flexibility index (Phi) is 3.69. The molecule has 1 atom stereocenters. The summed E-state index contributed by atoms with van der Waals surface area (Å²) in [5, 5.41) is 10.8. The minimum Gasteiger partial charge on any atom is -0.479 e. The Labute approximate surface area is 109 Å². The maximum Gasteiger partial charge on any atom is 0.284 e. The largest absolute Gasteiger partial charge is 0.479 e. The number of rotatable bonds is 3. The lowest BCUT2D eigenvalue weighted by molar-refractivity contribution is -0.135. The average Bonchev–Trinajstić information content (AvgIpc) is 2.41. The van der Waals surface area contributed by atoms with Crippen molar-refractivity contribution in [2.75, 3.05) is 0 Å². The molecule has 0 fully saturated rings. The minimum absolute atomic E-state index is 0.409. The molecule has 0 heterocycles. The maximum absolute atomic E-state index is 11.2. The number of amides is 1. The van der Waals surface area contributed by atoms with Gasteiger partial charge in [-0.25, -0.2) is 5.48 Å². The van der Waals surface area contributed by atoms with E-state index in [4.69, 9.17) is 21.5 Å². The molecule has 0 saturated heterocycles. The molecular weight excluding hydrogens is 254 g/mol. The molecular formula is C13H12ClNO3. The van der Waals surface area contributed by atoms with Crippen LogP contribution in [0.4, 0.5) is 0 Å². The third-order valence-electron chi connectivity index (χ3n) is 2.61. The first-order valence-corrected chi connectivity index (χ1v) is 5.79. The zero-order chi connectivity index (χ0) is 13.1. The van der Waals surface area contributed by atoms with Crippen molar-refractivity contribution in [1.29, 1.82) is 0 Å². The molecule has 2 rings (SSSR count). The van der Waals surface area contributed by atoms with Crippen LogP contribution in [0.15, 0.2) is 36.4 Å². The van der Waals surface area contributed by atoms with E-state index < -0.39 is 12.0 Å². The summed E-state index contributed by atoms with van der Waals surface area (Å²) in [5.74, 6) is -0.217. The van der Waals surface area contributed by atoms with Crippen molar-refractivity contribution in [2.45, 2.75) is 13.0 Å². The van der Waals surface area contributed by atoms with Gasteiger partial charge < -0.3 is 4.74 Å². The predicted octanol–water partition coefficient (Wildman–Crippen LogP) is 2.77. The van der Waals surface area contributed by atoms with Crippen LogP contribution in [0.2, 0.25) is 5.02 Å². The molecule has 0 aliphatic heterocycles. The van der Waals surface area contributed by atoms with Crippen LogP contribution in [0.25, 0.3) is 10.8 Å². The molecule has 4 nitrogen and oxygen atoms in total. The van der Waals surface area contributed by atoms with Gasteiger partial charge in [0.2, 0.25) is 0 Å². The lowest BCUT2D eigenvalue weighted by Crippen LogP contribution is -2.34. The number of fused-ring (bicyclic) bond motifs is 1. The van der Waals surface area contributed by atoms with Gasteiger partial charge >= 0.3 is 0 Å². The van der Waals surface area contributed by atoms with Crippen LogP contribution in [-0.4, -0.2) is 17.2 Å². The van der Waals surface area contributed by atoms with Gasteiger partial charge in [0.15, 0.2) is 6.10 Å². The van der Waals surface area contributed by atoms with Crippen molar-refractivity contribution in [1.82, 2.24) is 5.48 Å². The fraction of sp³-hybridized carbons (Fsp3) is 0.154. The standard InChI is InChI=1S/C13H12ClNO3/c1-8(13(16)15-17)18-11-7-6-9-4-2-3-5-10(9)12(11)14/h2-8,17H,1H3,(H,15,16). The summed E-state index contributed by atoms with van der Waals surface area (Å²) in [6.45, 7) is 1.52. The molecule has 0 spiro atoms. The molecule has 0 aromatic heterocycles. The third kappa shape index (κ3) is 2.39. The highest BCUT2D eigenvalue weighted by Crippen LogP contribution is 2.33. The Morgan fingerprint density at radius 1 is 1.33 bits per heavy atom. The second-order valence-electron chi connectivity index (χ2n) is 3.83. The SMILES string of the molecule is CC(Oc1ccc2ccccc2c1Cl)C(=O)NO. The zero-order valence-corrected chi connectivity index (χ0v) is 10.4. The molecule has 0 aliphatic rings. The van der Waals surface area contributed by atoms with Crippen molar-refractivity contribution >= 4 is 28.3 Å². The number of nitrogens with one attached hydrogen (secondary N) is 1. The first kappa shape index (κ1) is 12.7. The number of ether oxygens (including phenoxy) is 1. The molecule has 2 N–H and O–H groups in total. The fourth-order valence-corrected chi connectivity index (χ4v) is 1.92. The van der Waals surface area contributed by atoms with Crippen molar-refractivity contribution in [3.63, 3.8) is 0 Å². The highest BCUT2D eigenvalue weighted by Gasteiger charge is 2.16. The molecule has 0 saturated carbocycles. The molecule has 18 heavy (non-hydrogen) atoms. The molecule has 2 aromatic rings. The number of hydroxylamine groups is 1. The second kappa shape index (κ2) is 5.25. The van der Waals surface area contributed by atoms with Crippen LogP contribution in [0.1, 0.15) is 6.92 Å². The van der Waals surface area contributed by atoms with Crippen LogP contribution < -0.4 is 10.2 Å². The van der Waals surface area contributed by atoms with Gasteiger partial charge in [0.1, 0.15) is 5.75 Å². The van der Waals surface area contributed by atoms with Gasteiger partial charge in [-0.2, -0.15) is 0 Å². The lowest BCUT2D eigenvalue weighted by Gasteiger charge is -2.14. The van der Waals surface area contributed by atoms with Gasteiger partial charge in [0, 0.05) is 5.39 Å².